The van der Waals surface area contributed by atoms with Gasteiger partial charge in [0.15, 0.2) is 5.82 Å². The number of nitrogens with two attached hydrogens (primary N) is 1. The van der Waals surface area contributed by atoms with E-state index in [0.29, 0.717) is 35.8 Å². The smallest absolute Gasteiger partial charge is 0.254 e. The summed E-state index contributed by atoms with van der Waals surface area (Å²) in [5.74, 6) is 1.08. The van der Waals surface area contributed by atoms with Gasteiger partial charge in [-0.2, -0.15) is 0 Å². The third-order valence-electron chi connectivity index (χ3n) is 4.81. The highest BCUT2D eigenvalue weighted by molar-refractivity contribution is 7.18. The summed E-state index contributed by atoms with van der Waals surface area (Å²) in [6, 6.07) is 13.8. The number of carbonyl (C=O) groups is 1. The van der Waals surface area contributed by atoms with Gasteiger partial charge in [0.25, 0.3) is 5.91 Å². The van der Waals surface area contributed by atoms with Gasteiger partial charge in [0.05, 0.1) is 10.3 Å². The summed E-state index contributed by atoms with van der Waals surface area (Å²) < 4.78 is 0.839. The number of fused-ring (bicyclic) bond motifs is 1. The summed E-state index contributed by atoms with van der Waals surface area (Å²) >= 11 is 1.45. The van der Waals surface area contributed by atoms with Crippen LogP contribution in [0.4, 0.5) is 5.82 Å². The Morgan fingerprint density at radius 3 is 2.65 bits per heavy atom. The molecule has 4 N–H and O–H groups in total. The number of anilines is 1. The second-order valence-electron chi connectivity index (χ2n) is 7.15. The van der Waals surface area contributed by atoms with E-state index >= 15 is 0 Å². The van der Waals surface area contributed by atoms with E-state index in [4.69, 9.17) is 15.7 Å². The van der Waals surface area contributed by atoms with Gasteiger partial charge in [0.2, 0.25) is 0 Å². The molecule has 158 valence electrons. The van der Waals surface area contributed by atoms with Crippen molar-refractivity contribution in [3.05, 3.63) is 71.4 Å². The van der Waals surface area contributed by atoms with Crippen LogP contribution >= 0.6 is 11.3 Å². The SMILES string of the molecule is CCNC(=O)c1csc2c(NC[C@H](N)Cc3ccccc3)nc(-c3ccncc3)nc12. The maximum atomic E-state index is 12.5. The van der Waals surface area contributed by atoms with Crippen LogP contribution in [0.1, 0.15) is 22.8 Å². The maximum absolute atomic E-state index is 12.5. The molecular formula is C23H24N6OS. The van der Waals surface area contributed by atoms with Crippen molar-refractivity contribution in [2.75, 3.05) is 18.4 Å². The Hall–Kier alpha value is -3.36. The van der Waals surface area contributed by atoms with Gasteiger partial charge in [-0.1, -0.05) is 30.3 Å². The zero-order valence-electron chi connectivity index (χ0n) is 17.2. The fourth-order valence-corrected chi connectivity index (χ4v) is 4.25. The predicted molar refractivity (Wildman–Crippen MR) is 125 cm³/mol. The lowest BCUT2D eigenvalue weighted by molar-refractivity contribution is 0.0957. The number of pyridine rings is 1. The van der Waals surface area contributed by atoms with E-state index in [1.165, 1.54) is 16.9 Å². The van der Waals surface area contributed by atoms with Crippen molar-refractivity contribution in [1.29, 1.82) is 0 Å². The Labute approximate surface area is 184 Å². The van der Waals surface area contributed by atoms with Crippen LogP contribution in [0.5, 0.6) is 0 Å². The van der Waals surface area contributed by atoms with Crippen LogP contribution in [0, 0.1) is 0 Å². The number of thiophene rings is 1. The minimum atomic E-state index is -0.139. The molecule has 4 rings (SSSR count). The molecule has 3 aromatic heterocycles. The highest BCUT2D eigenvalue weighted by Gasteiger charge is 2.19. The molecule has 1 amide bonds. The Balaban J connectivity index is 1.65. The van der Waals surface area contributed by atoms with Gasteiger partial charge in [-0.25, -0.2) is 9.97 Å². The van der Waals surface area contributed by atoms with Crippen LogP contribution in [0.15, 0.2) is 60.2 Å². The third-order valence-corrected chi connectivity index (χ3v) is 5.78. The number of amides is 1. The largest absolute Gasteiger partial charge is 0.367 e. The summed E-state index contributed by atoms with van der Waals surface area (Å²) in [6.07, 6.45) is 4.15. The molecule has 0 saturated carbocycles. The predicted octanol–water partition coefficient (Wildman–Crippen LogP) is 3.48. The minimum Gasteiger partial charge on any atom is -0.367 e. The topological polar surface area (TPSA) is 106 Å². The van der Waals surface area contributed by atoms with Crippen LogP contribution in [-0.2, 0) is 6.42 Å². The van der Waals surface area contributed by atoms with E-state index in [-0.39, 0.29) is 11.9 Å². The molecule has 0 aliphatic carbocycles. The highest BCUT2D eigenvalue weighted by atomic mass is 32.1. The lowest BCUT2D eigenvalue weighted by Gasteiger charge is -2.14. The molecule has 0 unspecified atom stereocenters. The molecular weight excluding hydrogens is 408 g/mol. The first-order chi connectivity index (χ1) is 15.2. The first kappa shape index (κ1) is 20.9. The average molecular weight is 433 g/mol. The summed E-state index contributed by atoms with van der Waals surface area (Å²) in [4.78, 5) is 26.0. The molecule has 0 fully saturated rings. The summed E-state index contributed by atoms with van der Waals surface area (Å²) in [7, 11) is 0. The molecule has 31 heavy (non-hydrogen) atoms. The van der Waals surface area contributed by atoms with Crippen molar-refractivity contribution in [1.82, 2.24) is 20.3 Å². The Morgan fingerprint density at radius 2 is 1.90 bits per heavy atom. The van der Waals surface area contributed by atoms with Crippen molar-refractivity contribution in [2.45, 2.75) is 19.4 Å². The van der Waals surface area contributed by atoms with Crippen molar-refractivity contribution in [2.24, 2.45) is 5.73 Å². The molecule has 1 aromatic carbocycles. The van der Waals surface area contributed by atoms with Crippen LogP contribution in [0.25, 0.3) is 21.6 Å². The maximum Gasteiger partial charge on any atom is 0.254 e. The quantitative estimate of drug-likeness (QED) is 0.394. The van der Waals surface area contributed by atoms with Crippen LogP contribution in [0.2, 0.25) is 0 Å². The normalized spacial score (nSPS) is 11.9. The Morgan fingerprint density at radius 1 is 1.13 bits per heavy atom. The van der Waals surface area contributed by atoms with Gasteiger partial charge in [-0.3, -0.25) is 9.78 Å². The van der Waals surface area contributed by atoms with Crippen molar-refractivity contribution < 1.29 is 4.79 Å². The number of hydrogen-bond acceptors (Lipinski definition) is 7. The van der Waals surface area contributed by atoms with Crippen LogP contribution in [-0.4, -0.2) is 40.0 Å². The molecule has 0 aliphatic rings. The van der Waals surface area contributed by atoms with Gasteiger partial charge in [-0.05, 0) is 31.0 Å². The van der Waals surface area contributed by atoms with Gasteiger partial charge >= 0.3 is 0 Å². The second kappa shape index (κ2) is 9.63. The molecule has 3 heterocycles. The number of hydrogen-bond donors (Lipinski definition) is 3. The lowest BCUT2D eigenvalue weighted by Crippen LogP contribution is -2.31. The zero-order chi connectivity index (χ0) is 21.6. The lowest BCUT2D eigenvalue weighted by atomic mass is 10.1. The summed E-state index contributed by atoms with van der Waals surface area (Å²) in [6.45, 7) is 2.99. The van der Waals surface area contributed by atoms with Crippen molar-refractivity contribution >= 4 is 33.3 Å². The summed E-state index contributed by atoms with van der Waals surface area (Å²) in [5.41, 5.74) is 9.58. The third kappa shape index (κ3) is 4.87. The fourth-order valence-electron chi connectivity index (χ4n) is 3.30. The first-order valence-corrected chi connectivity index (χ1v) is 11.0. The van der Waals surface area contributed by atoms with Gasteiger partial charge in [0.1, 0.15) is 11.3 Å². The standard InChI is InChI=1S/C23H24N6OS/c1-2-26-23(30)18-14-31-20-19(18)28-21(16-8-10-25-11-9-16)29-22(20)27-13-17(24)12-15-6-4-3-5-7-15/h3-11,14,17H,2,12-13,24H2,1H3,(H,26,30)(H,27,28,29)/t17-/m1/s1. The molecule has 1 atom stereocenters. The van der Waals surface area contributed by atoms with Crippen LogP contribution < -0.4 is 16.4 Å². The molecule has 0 bridgehead atoms. The van der Waals surface area contributed by atoms with E-state index in [1.807, 2.05) is 42.6 Å². The number of nitrogens with zero attached hydrogens (tertiary/aromatic N) is 3. The van der Waals surface area contributed by atoms with E-state index in [2.05, 4.69) is 27.8 Å². The number of nitrogens with one attached hydrogen (secondary N) is 2. The molecule has 4 aromatic rings. The van der Waals surface area contributed by atoms with Crippen molar-refractivity contribution in [3.63, 3.8) is 0 Å². The zero-order valence-corrected chi connectivity index (χ0v) is 18.0. The minimum absolute atomic E-state index is 0.0837. The molecule has 0 radical (unpaired) electrons. The monoisotopic (exact) mass is 432 g/mol. The summed E-state index contributed by atoms with van der Waals surface area (Å²) in [5, 5.41) is 8.07. The van der Waals surface area contributed by atoms with E-state index in [9.17, 15) is 4.79 Å². The first-order valence-electron chi connectivity index (χ1n) is 10.2. The number of aromatic nitrogens is 3. The number of benzene rings is 1. The molecule has 0 aliphatic heterocycles. The molecule has 0 saturated heterocycles. The van der Waals surface area contributed by atoms with E-state index in [0.717, 1.165) is 16.7 Å². The van der Waals surface area contributed by atoms with E-state index in [1.54, 1.807) is 12.4 Å². The molecule has 7 nitrogen and oxygen atoms in total. The Bertz CT molecular complexity index is 1160. The highest BCUT2D eigenvalue weighted by Crippen LogP contribution is 2.32. The molecule has 0 spiro atoms. The van der Waals surface area contributed by atoms with Gasteiger partial charge in [-0.15, -0.1) is 11.3 Å². The van der Waals surface area contributed by atoms with Gasteiger partial charge in [0, 0.05) is 42.5 Å². The Kier molecular flexibility index (Phi) is 6.49. The number of carbonyl (C=O) groups excluding carboxylic acids is 1. The number of rotatable bonds is 8. The van der Waals surface area contributed by atoms with E-state index < -0.39 is 0 Å². The molecule has 8 heteroatoms. The van der Waals surface area contributed by atoms with Gasteiger partial charge < -0.3 is 16.4 Å². The second-order valence-corrected chi connectivity index (χ2v) is 8.03. The van der Waals surface area contributed by atoms with Crippen LogP contribution in [0.3, 0.4) is 0 Å². The van der Waals surface area contributed by atoms with Crippen molar-refractivity contribution in [3.8, 4) is 11.4 Å². The fraction of sp³-hybridized carbons (Fsp3) is 0.217. The average Bonchev–Trinajstić information content (AvgIpc) is 3.23.